The third kappa shape index (κ3) is 4.23. The Kier molecular flexibility index (Phi) is 5.62. The molecule has 0 radical (unpaired) electrons. The standard InChI is InChI=1S/C23H24N4O4/c1-26-11-9-15-7-8-17(13-19(15)26)24-21(28)14-18-22(29)27(23(30)25-18)12-10-16-5-3-4-6-20(16)31-2/h3-9,11,13,18H,10,12,14H2,1-2H3,(H,24,28)(H,25,30)/t18-/m0/s1. The number of nitrogens with one attached hydrogen (secondary N) is 2. The normalized spacial score (nSPS) is 15.9. The average molecular weight is 420 g/mol. The third-order valence-corrected chi connectivity index (χ3v) is 5.47. The molecule has 8 heteroatoms. The van der Waals surface area contributed by atoms with Crippen LogP contribution in [-0.2, 0) is 23.1 Å². The lowest BCUT2D eigenvalue weighted by molar-refractivity contribution is -0.129. The number of carbonyl (C=O) groups is 3. The summed E-state index contributed by atoms with van der Waals surface area (Å²) in [6.45, 7) is 0.216. The zero-order valence-electron chi connectivity index (χ0n) is 17.4. The summed E-state index contributed by atoms with van der Waals surface area (Å²) in [6, 6.07) is 13.7. The number of carbonyl (C=O) groups excluding carboxylic acids is 3. The quantitative estimate of drug-likeness (QED) is 0.575. The van der Waals surface area contributed by atoms with Crippen molar-refractivity contribution in [2.75, 3.05) is 19.0 Å². The molecule has 160 valence electrons. The molecular formula is C23H24N4O4. The van der Waals surface area contributed by atoms with Crippen molar-refractivity contribution in [2.45, 2.75) is 18.9 Å². The van der Waals surface area contributed by atoms with Crippen molar-refractivity contribution in [3.63, 3.8) is 0 Å². The van der Waals surface area contributed by atoms with Crippen LogP contribution in [-0.4, -0.2) is 47.0 Å². The van der Waals surface area contributed by atoms with Crippen LogP contribution in [0.1, 0.15) is 12.0 Å². The number of methoxy groups -OCH3 is 1. The molecule has 1 fully saturated rings. The van der Waals surface area contributed by atoms with Gasteiger partial charge in [0.2, 0.25) is 5.91 Å². The van der Waals surface area contributed by atoms with Crippen LogP contribution in [0.5, 0.6) is 5.75 Å². The molecular weight excluding hydrogens is 396 g/mol. The van der Waals surface area contributed by atoms with E-state index in [9.17, 15) is 14.4 Å². The number of imide groups is 1. The van der Waals surface area contributed by atoms with Gasteiger partial charge in [0, 0.05) is 31.0 Å². The van der Waals surface area contributed by atoms with E-state index >= 15 is 0 Å². The molecule has 4 amide bonds. The zero-order valence-corrected chi connectivity index (χ0v) is 17.4. The molecule has 4 rings (SSSR count). The molecule has 2 N–H and O–H groups in total. The van der Waals surface area contributed by atoms with Crippen molar-refractivity contribution in [2.24, 2.45) is 7.05 Å². The largest absolute Gasteiger partial charge is 0.496 e. The van der Waals surface area contributed by atoms with Crippen LogP contribution in [0, 0.1) is 0 Å². The maximum Gasteiger partial charge on any atom is 0.324 e. The zero-order chi connectivity index (χ0) is 22.0. The Balaban J connectivity index is 1.36. The number of urea groups is 1. The highest BCUT2D eigenvalue weighted by Crippen LogP contribution is 2.21. The molecule has 2 heterocycles. The Morgan fingerprint density at radius 3 is 2.77 bits per heavy atom. The number of nitrogens with zero attached hydrogens (tertiary/aromatic N) is 2. The van der Waals surface area contributed by atoms with E-state index in [0.29, 0.717) is 17.9 Å². The summed E-state index contributed by atoms with van der Waals surface area (Å²) in [6.07, 6.45) is 2.29. The van der Waals surface area contributed by atoms with E-state index in [2.05, 4.69) is 10.6 Å². The van der Waals surface area contributed by atoms with Gasteiger partial charge in [-0.2, -0.15) is 0 Å². The summed E-state index contributed by atoms with van der Waals surface area (Å²) in [5, 5.41) is 6.49. The fraction of sp³-hybridized carbons (Fsp3) is 0.261. The van der Waals surface area contributed by atoms with E-state index < -0.39 is 18.0 Å². The highest BCUT2D eigenvalue weighted by Gasteiger charge is 2.38. The van der Waals surface area contributed by atoms with E-state index in [1.165, 1.54) is 0 Å². The molecule has 1 aliphatic rings. The molecule has 0 bridgehead atoms. The molecule has 2 aromatic carbocycles. The number of hydrogen-bond acceptors (Lipinski definition) is 4. The van der Waals surface area contributed by atoms with E-state index in [0.717, 1.165) is 21.4 Å². The second-order valence-electron chi connectivity index (χ2n) is 7.51. The molecule has 1 aromatic heterocycles. The van der Waals surface area contributed by atoms with Gasteiger partial charge in [-0.1, -0.05) is 24.3 Å². The Bertz CT molecular complexity index is 1150. The van der Waals surface area contributed by atoms with E-state index in [4.69, 9.17) is 4.74 Å². The molecule has 0 aliphatic carbocycles. The van der Waals surface area contributed by atoms with Crippen LogP contribution in [0.2, 0.25) is 0 Å². The smallest absolute Gasteiger partial charge is 0.324 e. The van der Waals surface area contributed by atoms with Crippen LogP contribution in [0.4, 0.5) is 10.5 Å². The molecule has 0 saturated carbocycles. The number of anilines is 1. The monoisotopic (exact) mass is 420 g/mol. The predicted molar refractivity (Wildman–Crippen MR) is 117 cm³/mol. The fourth-order valence-electron chi connectivity index (χ4n) is 3.81. The Morgan fingerprint density at radius 2 is 1.97 bits per heavy atom. The maximum absolute atomic E-state index is 12.7. The molecule has 1 atom stereocenters. The van der Waals surface area contributed by atoms with E-state index in [-0.39, 0.29) is 18.9 Å². The summed E-state index contributed by atoms with van der Waals surface area (Å²) in [4.78, 5) is 38.6. The Hall–Kier alpha value is -3.81. The predicted octanol–water partition coefficient (Wildman–Crippen LogP) is 2.68. The number of benzene rings is 2. The van der Waals surface area contributed by atoms with Crippen LogP contribution in [0.3, 0.4) is 0 Å². The van der Waals surface area contributed by atoms with E-state index in [1.54, 1.807) is 7.11 Å². The van der Waals surface area contributed by atoms with Crippen LogP contribution in [0.15, 0.2) is 54.7 Å². The first-order chi connectivity index (χ1) is 15.0. The van der Waals surface area contributed by atoms with Gasteiger partial charge >= 0.3 is 6.03 Å². The molecule has 8 nitrogen and oxygen atoms in total. The first-order valence-corrected chi connectivity index (χ1v) is 10.0. The number of para-hydroxylation sites is 1. The van der Waals surface area contributed by atoms with Gasteiger partial charge in [0.15, 0.2) is 0 Å². The number of aromatic nitrogens is 1. The summed E-state index contributed by atoms with van der Waals surface area (Å²) in [5.74, 6) is -0.0209. The second-order valence-corrected chi connectivity index (χ2v) is 7.51. The van der Waals surface area contributed by atoms with Gasteiger partial charge < -0.3 is 19.9 Å². The van der Waals surface area contributed by atoms with Gasteiger partial charge in [-0.15, -0.1) is 0 Å². The first kappa shape index (κ1) is 20.5. The average Bonchev–Trinajstić information content (AvgIpc) is 3.25. The molecule has 0 unspecified atom stereocenters. The summed E-state index contributed by atoms with van der Waals surface area (Å²) >= 11 is 0. The van der Waals surface area contributed by atoms with E-state index in [1.807, 2.05) is 66.3 Å². The fourth-order valence-corrected chi connectivity index (χ4v) is 3.81. The molecule has 3 aromatic rings. The first-order valence-electron chi connectivity index (χ1n) is 10.0. The molecule has 31 heavy (non-hydrogen) atoms. The van der Waals surface area contributed by atoms with Crippen LogP contribution < -0.4 is 15.4 Å². The summed E-state index contributed by atoms with van der Waals surface area (Å²) < 4.78 is 7.28. The topological polar surface area (TPSA) is 92.7 Å². The lowest BCUT2D eigenvalue weighted by Crippen LogP contribution is -2.35. The van der Waals surface area contributed by atoms with Crippen molar-refractivity contribution in [3.8, 4) is 5.75 Å². The van der Waals surface area contributed by atoms with Gasteiger partial charge in [-0.25, -0.2) is 4.79 Å². The SMILES string of the molecule is COc1ccccc1CCN1C(=O)N[C@@H](CC(=O)Nc2ccc3ccn(C)c3c2)C1=O. The van der Waals surface area contributed by atoms with Crippen molar-refractivity contribution in [1.82, 2.24) is 14.8 Å². The van der Waals surface area contributed by atoms with Gasteiger partial charge in [0.1, 0.15) is 11.8 Å². The third-order valence-electron chi connectivity index (χ3n) is 5.47. The van der Waals surface area contributed by atoms with Crippen molar-refractivity contribution >= 4 is 34.4 Å². The Morgan fingerprint density at radius 1 is 1.16 bits per heavy atom. The van der Waals surface area contributed by atoms with Gasteiger partial charge in [-0.05, 0) is 41.6 Å². The number of rotatable bonds is 7. The summed E-state index contributed by atoms with van der Waals surface area (Å²) in [5.41, 5.74) is 2.54. The van der Waals surface area contributed by atoms with Crippen molar-refractivity contribution in [1.29, 1.82) is 0 Å². The minimum Gasteiger partial charge on any atom is -0.496 e. The minimum atomic E-state index is -0.871. The molecule has 1 saturated heterocycles. The van der Waals surface area contributed by atoms with Gasteiger partial charge in [0.05, 0.1) is 13.5 Å². The number of aryl methyl sites for hydroxylation is 1. The lowest BCUT2D eigenvalue weighted by Gasteiger charge is -2.14. The van der Waals surface area contributed by atoms with Crippen LogP contribution in [0.25, 0.3) is 10.9 Å². The molecule has 0 spiro atoms. The second kappa shape index (κ2) is 8.51. The Labute approximate surface area is 179 Å². The van der Waals surface area contributed by atoms with Gasteiger partial charge in [-0.3, -0.25) is 14.5 Å². The number of hydrogen-bond donors (Lipinski definition) is 2. The number of amides is 4. The van der Waals surface area contributed by atoms with Gasteiger partial charge in [0.25, 0.3) is 5.91 Å². The highest BCUT2D eigenvalue weighted by atomic mass is 16.5. The molecule has 1 aliphatic heterocycles. The van der Waals surface area contributed by atoms with Crippen molar-refractivity contribution in [3.05, 3.63) is 60.3 Å². The maximum atomic E-state index is 12.7. The number of fused-ring (bicyclic) bond motifs is 1. The lowest BCUT2D eigenvalue weighted by atomic mass is 10.1. The van der Waals surface area contributed by atoms with Crippen molar-refractivity contribution < 1.29 is 19.1 Å². The highest BCUT2D eigenvalue weighted by molar-refractivity contribution is 6.07. The minimum absolute atomic E-state index is 0.124. The summed E-state index contributed by atoms with van der Waals surface area (Å²) in [7, 11) is 3.51. The van der Waals surface area contributed by atoms with Crippen LogP contribution >= 0.6 is 0 Å². The number of ether oxygens (including phenoxy) is 1.